The summed E-state index contributed by atoms with van der Waals surface area (Å²) in [4.78, 5) is 25.4. The number of fused-ring (bicyclic) bond motifs is 1. The van der Waals surface area contributed by atoms with Crippen LogP contribution in [0, 0.1) is 0 Å². The first-order valence-electron chi connectivity index (χ1n) is 9.07. The van der Waals surface area contributed by atoms with Gasteiger partial charge in [0.2, 0.25) is 4.96 Å². The van der Waals surface area contributed by atoms with Crippen LogP contribution in [0.1, 0.15) is 36.8 Å². The van der Waals surface area contributed by atoms with E-state index >= 15 is 0 Å². The molecule has 2 heterocycles. The molecule has 0 aliphatic carbocycles. The molecule has 2 aromatic heterocycles. The maximum Gasteiger partial charge on any atom is 0.297 e. The molecule has 0 saturated heterocycles. The van der Waals surface area contributed by atoms with E-state index in [1.165, 1.54) is 15.9 Å². The molecule has 0 aliphatic rings. The summed E-state index contributed by atoms with van der Waals surface area (Å²) in [5.41, 5.74) is 1.82. The molecule has 1 amide bonds. The van der Waals surface area contributed by atoms with Gasteiger partial charge in [-0.15, -0.1) is 10.2 Å². The van der Waals surface area contributed by atoms with Crippen molar-refractivity contribution in [3.63, 3.8) is 0 Å². The van der Waals surface area contributed by atoms with E-state index < -0.39 is 5.41 Å². The van der Waals surface area contributed by atoms with Gasteiger partial charge in [-0.05, 0) is 36.4 Å². The molecule has 146 valence electrons. The number of nitrogens with one attached hydrogen (secondary N) is 1. The molecule has 1 N–H and O–H groups in total. The van der Waals surface area contributed by atoms with Gasteiger partial charge in [0.1, 0.15) is 10.7 Å². The van der Waals surface area contributed by atoms with Crippen LogP contribution in [0.5, 0.6) is 0 Å². The number of carbonyl (C=O) groups excluding carboxylic acids is 1. The SMILES string of the molecule is CC(C)(C)c1nnc2sc(-c3ccc(NC(=O)c4ccccc4)cc3)nn2c1=O. The van der Waals surface area contributed by atoms with Crippen molar-refractivity contribution in [2.45, 2.75) is 26.2 Å². The highest BCUT2D eigenvalue weighted by molar-refractivity contribution is 7.19. The van der Waals surface area contributed by atoms with Gasteiger partial charge in [0.25, 0.3) is 11.5 Å². The van der Waals surface area contributed by atoms with E-state index in [0.717, 1.165) is 5.56 Å². The van der Waals surface area contributed by atoms with Gasteiger partial charge in [-0.25, -0.2) is 0 Å². The summed E-state index contributed by atoms with van der Waals surface area (Å²) in [5, 5.41) is 16.2. The van der Waals surface area contributed by atoms with Crippen molar-refractivity contribution in [1.82, 2.24) is 19.8 Å². The number of benzene rings is 2. The Hall–Kier alpha value is -3.39. The summed E-state index contributed by atoms with van der Waals surface area (Å²) in [6, 6.07) is 16.3. The number of hydrogen-bond acceptors (Lipinski definition) is 6. The van der Waals surface area contributed by atoms with E-state index in [4.69, 9.17) is 0 Å². The maximum atomic E-state index is 12.7. The molecule has 4 aromatic rings. The number of aromatic nitrogens is 4. The van der Waals surface area contributed by atoms with Crippen LogP contribution >= 0.6 is 11.3 Å². The van der Waals surface area contributed by atoms with Gasteiger partial charge < -0.3 is 5.32 Å². The maximum absolute atomic E-state index is 12.7. The van der Waals surface area contributed by atoms with Gasteiger partial charge in [0, 0.05) is 22.2 Å². The lowest BCUT2D eigenvalue weighted by Gasteiger charge is -2.14. The van der Waals surface area contributed by atoms with E-state index in [9.17, 15) is 9.59 Å². The zero-order valence-corrected chi connectivity index (χ0v) is 17.0. The lowest BCUT2D eigenvalue weighted by Crippen LogP contribution is -2.30. The normalized spacial score (nSPS) is 11.6. The first-order chi connectivity index (χ1) is 13.8. The molecule has 0 fully saturated rings. The molecule has 0 spiro atoms. The average molecular weight is 405 g/mol. The molecule has 2 aromatic carbocycles. The minimum Gasteiger partial charge on any atom is -0.322 e. The van der Waals surface area contributed by atoms with Crippen LogP contribution in [0.25, 0.3) is 15.5 Å². The predicted molar refractivity (Wildman–Crippen MR) is 113 cm³/mol. The first-order valence-corrected chi connectivity index (χ1v) is 9.88. The largest absolute Gasteiger partial charge is 0.322 e. The van der Waals surface area contributed by atoms with Crippen LogP contribution in [0.2, 0.25) is 0 Å². The second kappa shape index (κ2) is 7.21. The molecule has 4 rings (SSSR count). The predicted octanol–water partition coefficient (Wildman–Crippen LogP) is 3.76. The Balaban J connectivity index is 1.61. The summed E-state index contributed by atoms with van der Waals surface area (Å²) in [6.07, 6.45) is 0. The number of rotatable bonds is 3. The van der Waals surface area contributed by atoms with E-state index in [2.05, 4.69) is 20.6 Å². The smallest absolute Gasteiger partial charge is 0.297 e. The molecular weight excluding hydrogens is 386 g/mol. The molecule has 0 aliphatic heterocycles. The van der Waals surface area contributed by atoms with Crippen molar-refractivity contribution in [3.8, 4) is 10.6 Å². The summed E-state index contributed by atoms with van der Waals surface area (Å²) < 4.78 is 1.30. The van der Waals surface area contributed by atoms with Crippen molar-refractivity contribution in [3.05, 3.63) is 76.2 Å². The van der Waals surface area contributed by atoms with E-state index in [1.54, 1.807) is 24.3 Å². The monoisotopic (exact) mass is 405 g/mol. The number of amides is 1. The van der Waals surface area contributed by atoms with Crippen molar-refractivity contribution in [2.75, 3.05) is 5.32 Å². The fourth-order valence-electron chi connectivity index (χ4n) is 2.79. The Kier molecular flexibility index (Phi) is 4.71. The van der Waals surface area contributed by atoms with Crippen LogP contribution in [0.3, 0.4) is 0 Å². The Morgan fingerprint density at radius 2 is 1.69 bits per heavy atom. The lowest BCUT2D eigenvalue weighted by atomic mass is 9.93. The summed E-state index contributed by atoms with van der Waals surface area (Å²) in [6.45, 7) is 5.75. The molecule has 0 unspecified atom stereocenters. The van der Waals surface area contributed by atoms with Crippen LogP contribution in [0.4, 0.5) is 5.69 Å². The quantitative estimate of drug-likeness (QED) is 0.560. The highest BCUT2D eigenvalue weighted by Crippen LogP contribution is 2.26. The zero-order chi connectivity index (χ0) is 20.6. The van der Waals surface area contributed by atoms with Crippen molar-refractivity contribution >= 4 is 27.9 Å². The molecule has 0 atom stereocenters. The molecule has 7 nitrogen and oxygen atoms in total. The number of hydrogen-bond donors (Lipinski definition) is 1. The summed E-state index contributed by atoms with van der Waals surface area (Å²) >= 11 is 1.29. The Morgan fingerprint density at radius 3 is 2.34 bits per heavy atom. The van der Waals surface area contributed by atoms with Crippen molar-refractivity contribution < 1.29 is 4.79 Å². The highest BCUT2D eigenvalue weighted by atomic mass is 32.1. The topological polar surface area (TPSA) is 89.2 Å². The fraction of sp³-hybridized carbons (Fsp3) is 0.190. The highest BCUT2D eigenvalue weighted by Gasteiger charge is 2.23. The zero-order valence-electron chi connectivity index (χ0n) is 16.2. The van der Waals surface area contributed by atoms with E-state index in [1.807, 2.05) is 51.1 Å². The Morgan fingerprint density at radius 1 is 1.00 bits per heavy atom. The second-order valence-electron chi connectivity index (χ2n) is 7.60. The Bertz CT molecular complexity index is 1240. The van der Waals surface area contributed by atoms with Gasteiger partial charge in [0.15, 0.2) is 0 Å². The summed E-state index contributed by atoms with van der Waals surface area (Å²) in [7, 11) is 0. The third-order valence-electron chi connectivity index (χ3n) is 4.33. The first kappa shape index (κ1) is 18.9. The van der Waals surface area contributed by atoms with E-state index in [0.29, 0.717) is 26.9 Å². The molecule has 0 saturated carbocycles. The number of anilines is 1. The Labute approximate surface area is 171 Å². The van der Waals surface area contributed by atoms with Gasteiger partial charge in [-0.1, -0.05) is 50.3 Å². The summed E-state index contributed by atoms with van der Waals surface area (Å²) in [5.74, 6) is -0.171. The van der Waals surface area contributed by atoms with Crippen LogP contribution in [0.15, 0.2) is 59.4 Å². The lowest BCUT2D eigenvalue weighted by molar-refractivity contribution is 0.102. The van der Waals surface area contributed by atoms with Crippen LogP contribution in [-0.4, -0.2) is 25.7 Å². The van der Waals surface area contributed by atoms with Gasteiger partial charge in [0.05, 0.1) is 0 Å². The van der Waals surface area contributed by atoms with Gasteiger partial charge in [-0.2, -0.15) is 9.61 Å². The average Bonchev–Trinajstić information content (AvgIpc) is 3.14. The molecular formula is C21H19N5O2S. The van der Waals surface area contributed by atoms with Crippen molar-refractivity contribution in [2.24, 2.45) is 0 Å². The molecule has 29 heavy (non-hydrogen) atoms. The number of nitrogens with zero attached hydrogens (tertiary/aromatic N) is 4. The standard InChI is InChI=1S/C21H19N5O2S/c1-21(2,3)16-19(28)26-20(24-23-16)29-18(25-26)14-9-11-15(12-10-14)22-17(27)13-7-5-4-6-8-13/h4-12H,1-3H3,(H,22,27). The minimum absolute atomic E-state index is 0.171. The number of carbonyl (C=O) groups is 1. The van der Waals surface area contributed by atoms with Crippen LogP contribution < -0.4 is 10.9 Å². The minimum atomic E-state index is -0.409. The second-order valence-corrected chi connectivity index (χ2v) is 8.56. The molecule has 0 bridgehead atoms. The van der Waals surface area contributed by atoms with Gasteiger partial charge in [-0.3, -0.25) is 9.59 Å². The fourth-order valence-corrected chi connectivity index (χ4v) is 3.63. The van der Waals surface area contributed by atoms with Crippen molar-refractivity contribution in [1.29, 1.82) is 0 Å². The van der Waals surface area contributed by atoms with E-state index in [-0.39, 0.29) is 11.5 Å². The van der Waals surface area contributed by atoms with Gasteiger partial charge >= 0.3 is 0 Å². The molecule has 0 radical (unpaired) electrons. The third kappa shape index (κ3) is 3.79. The third-order valence-corrected chi connectivity index (χ3v) is 5.27. The molecule has 8 heteroatoms. The van der Waals surface area contributed by atoms with Crippen LogP contribution in [-0.2, 0) is 5.41 Å².